The zero-order valence-electron chi connectivity index (χ0n) is 22.5. The van der Waals surface area contributed by atoms with Crippen LogP contribution in [0.1, 0.15) is 79.2 Å². The van der Waals surface area contributed by atoms with Gasteiger partial charge in [-0.25, -0.2) is 14.6 Å². The van der Waals surface area contributed by atoms with E-state index in [4.69, 9.17) is 19.9 Å². The molecule has 1 aromatic heterocycles. The highest BCUT2D eigenvalue weighted by atomic mass is 16.6. The van der Waals surface area contributed by atoms with E-state index in [1.54, 1.807) is 13.8 Å². The first kappa shape index (κ1) is 29.0. The van der Waals surface area contributed by atoms with Gasteiger partial charge in [0.25, 0.3) is 0 Å². The number of aromatic nitrogens is 1. The zero-order chi connectivity index (χ0) is 27.2. The molecule has 2 rings (SSSR count). The minimum absolute atomic E-state index is 0.0847. The predicted octanol–water partition coefficient (Wildman–Crippen LogP) is 5.03. The van der Waals surface area contributed by atoms with Gasteiger partial charge in [-0.2, -0.15) is 0 Å². The molecular formula is C28H38N2O6. The summed E-state index contributed by atoms with van der Waals surface area (Å²) in [5.41, 5.74) is 9.29. The number of nitrogens with two attached hydrogens (primary N) is 1. The second-order valence-electron chi connectivity index (χ2n) is 9.39. The number of carboxylic acids is 1. The van der Waals surface area contributed by atoms with E-state index < -0.39 is 23.6 Å². The number of benzene rings is 1. The molecule has 2 aromatic rings. The summed E-state index contributed by atoms with van der Waals surface area (Å²) in [4.78, 5) is 29.5. The van der Waals surface area contributed by atoms with Crippen LogP contribution in [-0.2, 0) is 20.7 Å². The van der Waals surface area contributed by atoms with E-state index >= 15 is 0 Å². The summed E-state index contributed by atoms with van der Waals surface area (Å²) >= 11 is 0. The molecule has 1 heterocycles. The van der Waals surface area contributed by atoms with Crippen molar-refractivity contribution in [1.82, 2.24) is 4.98 Å². The molecule has 0 amide bonds. The van der Waals surface area contributed by atoms with Crippen LogP contribution in [0.3, 0.4) is 0 Å². The third kappa shape index (κ3) is 6.30. The van der Waals surface area contributed by atoms with Gasteiger partial charge in [0.05, 0.1) is 12.7 Å². The molecule has 0 fully saturated rings. The summed E-state index contributed by atoms with van der Waals surface area (Å²) in [7, 11) is 1.30. The number of carbonyl (C=O) groups is 2. The van der Waals surface area contributed by atoms with Crippen molar-refractivity contribution in [3.63, 3.8) is 0 Å². The average Bonchev–Trinajstić information content (AvgIpc) is 2.81. The molecule has 1 atom stereocenters. The highest BCUT2D eigenvalue weighted by Crippen LogP contribution is 2.42. The Labute approximate surface area is 213 Å². The minimum atomic E-state index is -1.15. The SMILES string of the molecule is CC=Cc1c(-c2c(C)c(C(=O)O)nc(C)c2C(OC(C)(C)C)C(=O)OC)ccc(OCCN)c1CC. The van der Waals surface area contributed by atoms with Crippen LogP contribution in [0.4, 0.5) is 0 Å². The molecule has 3 N–H and O–H groups in total. The molecule has 0 spiro atoms. The monoisotopic (exact) mass is 498 g/mol. The van der Waals surface area contributed by atoms with E-state index in [1.807, 2.05) is 58.9 Å². The van der Waals surface area contributed by atoms with Gasteiger partial charge in [-0.05, 0) is 76.3 Å². The van der Waals surface area contributed by atoms with Crippen LogP contribution in [0.15, 0.2) is 18.2 Å². The van der Waals surface area contributed by atoms with Crippen molar-refractivity contribution >= 4 is 18.0 Å². The molecule has 0 radical (unpaired) electrons. The molecule has 0 saturated carbocycles. The third-order valence-corrected chi connectivity index (χ3v) is 5.67. The van der Waals surface area contributed by atoms with Gasteiger partial charge in [0.15, 0.2) is 11.8 Å². The number of hydrogen-bond donors (Lipinski definition) is 2. The molecule has 0 saturated heterocycles. The Morgan fingerprint density at radius 2 is 1.89 bits per heavy atom. The van der Waals surface area contributed by atoms with Crippen molar-refractivity contribution in [3.05, 3.63) is 51.9 Å². The lowest BCUT2D eigenvalue weighted by Gasteiger charge is -2.30. The van der Waals surface area contributed by atoms with Crippen LogP contribution in [-0.4, -0.2) is 47.9 Å². The van der Waals surface area contributed by atoms with Crippen molar-refractivity contribution in [2.45, 2.75) is 66.6 Å². The van der Waals surface area contributed by atoms with Crippen LogP contribution in [0.5, 0.6) is 5.75 Å². The fourth-order valence-electron chi connectivity index (χ4n) is 4.26. The molecule has 196 valence electrons. The van der Waals surface area contributed by atoms with Crippen molar-refractivity contribution in [3.8, 4) is 16.9 Å². The zero-order valence-corrected chi connectivity index (χ0v) is 22.5. The Morgan fingerprint density at radius 1 is 1.22 bits per heavy atom. The second kappa shape index (κ2) is 12.1. The number of rotatable bonds is 10. The Morgan fingerprint density at radius 3 is 2.39 bits per heavy atom. The number of hydrogen-bond acceptors (Lipinski definition) is 7. The first-order valence-corrected chi connectivity index (χ1v) is 12.0. The van der Waals surface area contributed by atoms with Gasteiger partial charge in [0.1, 0.15) is 12.4 Å². The Balaban J connectivity index is 3.07. The van der Waals surface area contributed by atoms with E-state index in [-0.39, 0.29) is 5.69 Å². The summed E-state index contributed by atoms with van der Waals surface area (Å²) in [5, 5.41) is 9.92. The Hall–Kier alpha value is -3.23. The normalized spacial score (nSPS) is 12.6. The predicted molar refractivity (Wildman–Crippen MR) is 140 cm³/mol. The number of aromatic carboxylic acids is 1. The van der Waals surface area contributed by atoms with E-state index in [2.05, 4.69) is 4.98 Å². The van der Waals surface area contributed by atoms with Crippen molar-refractivity contribution in [2.75, 3.05) is 20.3 Å². The average molecular weight is 499 g/mol. The van der Waals surface area contributed by atoms with E-state index in [9.17, 15) is 14.7 Å². The Bertz CT molecular complexity index is 1150. The summed E-state index contributed by atoms with van der Waals surface area (Å²) < 4.78 is 17.2. The highest BCUT2D eigenvalue weighted by molar-refractivity contribution is 5.94. The summed E-state index contributed by atoms with van der Waals surface area (Å²) in [6, 6.07) is 3.73. The molecule has 1 aromatic carbocycles. The molecule has 0 aliphatic rings. The molecule has 0 aliphatic heterocycles. The number of pyridine rings is 1. The molecule has 1 unspecified atom stereocenters. The number of nitrogens with zero attached hydrogens (tertiary/aromatic N) is 1. The second-order valence-corrected chi connectivity index (χ2v) is 9.39. The molecule has 0 bridgehead atoms. The fourth-order valence-corrected chi connectivity index (χ4v) is 4.26. The molecule has 8 nitrogen and oxygen atoms in total. The lowest BCUT2D eigenvalue weighted by Crippen LogP contribution is -2.30. The quantitative estimate of drug-likeness (QED) is 0.438. The molecule has 8 heteroatoms. The van der Waals surface area contributed by atoms with Crippen LogP contribution in [0.25, 0.3) is 17.2 Å². The van der Waals surface area contributed by atoms with E-state index in [0.717, 1.165) is 16.7 Å². The van der Waals surface area contributed by atoms with Gasteiger partial charge >= 0.3 is 11.9 Å². The molecular weight excluding hydrogens is 460 g/mol. The van der Waals surface area contributed by atoms with Crippen LogP contribution < -0.4 is 10.5 Å². The number of allylic oxidation sites excluding steroid dienone is 1. The van der Waals surface area contributed by atoms with Gasteiger partial charge in [0, 0.05) is 23.4 Å². The first-order chi connectivity index (χ1) is 16.9. The van der Waals surface area contributed by atoms with Crippen LogP contribution in [0.2, 0.25) is 0 Å². The number of esters is 1. The minimum Gasteiger partial charge on any atom is -0.492 e. The van der Waals surface area contributed by atoms with Crippen molar-refractivity contribution in [1.29, 1.82) is 0 Å². The number of carboxylic acid groups (broad SMARTS) is 1. The van der Waals surface area contributed by atoms with E-state index in [1.165, 1.54) is 7.11 Å². The van der Waals surface area contributed by atoms with Gasteiger partial charge in [-0.3, -0.25) is 0 Å². The number of carbonyl (C=O) groups excluding carboxylic acids is 1. The Kier molecular flexibility index (Phi) is 9.78. The lowest BCUT2D eigenvalue weighted by atomic mass is 9.85. The number of aryl methyl sites for hydroxylation is 1. The fraction of sp³-hybridized carbons (Fsp3) is 0.464. The number of ether oxygens (including phenoxy) is 3. The maximum Gasteiger partial charge on any atom is 0.354 e. The van der Waals surface area contributed by atoms with E-state index in [0.29, 0.717) is 47.7 Å². The maximum atomic E-state index is 13.0. The molecule has 0 aliphatic carbocycles. The van der Waals surface area contributed by atoms with Crippen molar-refractivity contribution in [2.24, 2.45) is 5.73 Å². The summed E-state index contributed by atoms with van der Waals surface area (Å²) in [6.07, 6.45) is 3.42. The summed E-state index contributed by atoms with van der Waals surface area (Å²) in [6.45, 7) is 13.6. The first-order valence-electron chi connectivity index (χ1n) is 12.0. The van der Waals surface area contributed by atoms with Gasteiger partial charge in [-0.1, -0.05) is 25.1 Å². The smallest absolute Gasteiger partial charge is 0.354 e. The highest BCUT2D eigenvalue weighted by Gasteiger charge is 2.35. The largest absolute Gasteiger partial charge is 0.492 e. The topological polar surface area (TPSA) is 121 Å². The standard InChI is InChI=1S/C28H38N2O6/c1-9-11-19-18(10-2)21(35-15-14-29)13-12-20(19)22-16(3)24(26(31)32)30-17(4)23(22)25(27(33)34-8)36-28(5,6)7/h9,11-13,25H,10,14-15,29H2,1-8H3,(H,31,32). The van der Waals surface area contributed by atoms with Gasteiger partial charge in [-0.15, -0.1) is 0 Å². The van der Waals surface area contributed by atoms with Gasteiger partial charge in [0.2, 0.25) is 0 Å². The maximum absolute atomic E-state index is 13.0. The van der Waals surface area contributed by atoms with Crippen LogP contribution >= 0.6 is 0 Å². The van der Waals surface area contributed by atoms with Crippen LogP contribution in [0, 0.1) is 13.8 Å². The third-order valence-electron chi connectivity index (χ3n) is 5.67. The van der Waals surface area contributed by atoms with Crippen molar-refractivity contribution < 1.29 is 28.9 Å². The number of methoxy groups -OCH3 is 1. The van der Waals surface area contributed by atoms with Gasteiger partial charge < -0.3 is 25.1 Å². The lowest BCUT2D eigenvalue weighted by molar-refractivity contribution is -0.164. The molecule has 36 heavy (non-hydrogen) atoms. The summed E-state index contributed by atoms with van der Waals surface area (Å²) in [5.74, 6) is -1.04.